The Morgan fingerprint density at radius 1 is 1.14 bits per heavy atom. The lowest BCUT2D eigenvalue weighted by molar-refractivity contribution is 0.241. The lowest BCUT2D eigenvalue weighted by atomic mass is 9.93. The van der Waals surface area contributed by atoms with Crippen LogP contribution in [-0.4, -0.2) is 51.1 Å². The third kappa shape index (κ3) is 13.4. The van der Waals surface area contributed by atoms with Crippen LogP contribution in [-0.2, 0) is 0 Å². The second-order valence-corrected chi connectivity index (χ2v) is 7.34. The van der Waals surface area contributed by atoms with Gasteiger partial charge in [0.05, 0.1) is 0 Å². The molecule has 1 unspecified atom stereocenters. The molecule has 4 nitrogen and oxygen atoms in total. The van der Waals surface area contributed by atoms with E-state index in [2.05, 4.69) is 69.2 Å². The second kappa shape index (κ2) is 11.5. The summed E-state index contributed by atoms with van der Waals surface area (Å²) in [7, 11) is 6.06. The summed E-state index contributed by atoms with van der Waals surface area (Å²) in [5.74, 6) is 1.67. The van der Waals surface area contributed by atoms with Crippen molar-refractivity contribution in [1.29, 1.82) is 0 Å². The van der Waals surface area contributed by atoms with Gasteiger partial charge in [-0.2, -0.15) is 0 Å². The van der Waals surface area contributed by atoms with Gasteiger partial charge in [-0.1, -0.05) is 27.7 Å². The van der Waals surface area contributed by atoms with Gasteiger partial charge in [0.2, 0.25) is 0 Å². The summed E-state index contributed by atoms with van der Waals surface area (Å²) in [5, 5.41) is 6.92. The average Bonchev–Trinajstić information content (AvgIpc) is 2.30. The summed E-state index contributed by atoms with van der Waals surface area (Å²) in [6.07, 6.45) is 2.43. The summed E-state index contributed by atoms with van der Waals surface area (Å²) in [6, 6.07) is 0.459. The number of hydrogen-bond acceptors (Lipinski definition) is 2. The van der Waals surface area contributed by atoms with Crippen LogP contribution in [0.2, 0.25) is 0 Å². The normalized spacial score (nSPS) is 14.1. The first-order chi connectivity index (χ1) is 9.16. The molecule has 0 aliphatic rings. The molecule has 0 aromatic carbocycles. The highest BCUT2D eigenvalue weighted by molar-refractivity contribution is 14.0. The van der Waals surface area contributed by atoms with Crippen LogP contribution >= 0.6 is 24.0 Å². The molecule has 128 valence electrons. The van der Waals surface area contributed by atoms with E-state index in [1.807, 2.05) is 7.05 Å². The molecular weight excluding hydrogens is 375 g/mol. The molecule has 0 aliphatic carbocycles. The second-order valence-electron chi connectivity index (χ2n) is 7.34. The third-order valence-corrected chi connectivity index (χ3v) is 3.26. The van der Waals surface area contributed by atoms with Gasteiger partial charge in [-0.05, 0) is 45.2 Å². The standard InChI is InChI=1S/C16H36N4.HI/c1-13(2)9-10-14(3)19-15(17-6)18-11-16(4,5)12-20(7)8;/h13-14H,9-12H2,1-8H3,(H2,17,18,19);1H. The van der Waals surface area contributed by atoms with Crippen LogP contribution in [0.5, 0.6) is 0 Å². The maximum Gasteiger partial charge on any atom is 0.191 e. The third-order valence-electron chi connectivity index (χ3n) is 3.26. The van der Waals surface area contributed by atoms with Gasteiger partial charge in [0, 0.05) is 26.2 Å². The van der Waals surface area contributed by atoms with Crippen molar-refractivity contribution >= 4 is 29.9 Å². The highest BCUT2D eigenvalue weighted by Gasteiger charge is 2.19. The fourth-order valence-electron chi connectivity index (χ4n) is 2.32. The SMILES string of the molecule is CN=C(NCC(C)(C)CN(C)C)NC(C)CCC(C)C.I. The monoisotopic (exact) mass is 412 g/mol. The number of halogens is 1. The molecule has 0 saturated heterocycles. The molecule has 0 radical (unpaired) electrons. The molecule has 0 fully saturated rings. The van der Waals surface area contributed by atoms with Crippen LogP contribution in [0.1, 0.15) is 47.5 Å². The average molecular weight is 412 g/mol. The lowest BCUT2D eigenvalue weighted by Crippen LogP contribution is -2.47. The van der Waals surface area contributed by atoms with E-state index in [9.17, 15) is 0 Å². The van der Waals surface area contributed by atoms with Crippen molar-refractivity contribution in [2.24, 2.45) is 16.3 Å². The van der Waals surface area contributed by atoms with Crippen molar-refractivity contribution in [3.05, 3.63) is 0 Å². The largest absolute Gasteiger partial charge is 0.356 e. The maximum absolute atomic E-state index is 4.32. The van der Waals surface area contributed by atoms with Crippen molar-refractivity contribution in [2.75, 3.05) is 34.2 Å². The fourth-order valence-corrected chi connectivity index (χ4v) is 2.32. The minimum atomic E-state index is 0. The van der Waals surface area contributed by atoms with Crippen LogP contribution < -0.4 is 10.6 Å². The van der Waals surface area contributed by atoms with E-state index in [0.29, 0.717) is 6.04 Å². The van der Waals surface area contributed by atoms with Crippen molar-refractivity contribution in [2.45, 2.75) is 53.5 Å². The number of hydrogen-bond donors (Lipinski definition) is 2. The molecule has 0 heterocycles. The molecule has 2 N–H and O–H groups in total. The van der Waals surface area contributed by atoms with E-state index in [1.54, 1.807) is 0 Å². The van der Waals surface area contributed by atoms with Gasteiger partial charge >= 0.3 is 0 Å². The Kier molecular flexibility index (Phi) is 12.7. The van der Waals surface area contributed by atoms with Crippen LogP contribution in [0.15, 0.2) is 4.99 Å². The van der Waals surface area contributed by atoms with E-state index in [0.717, 1.165) is 25.0 Å². The number of nitrogens with zero attached hydrogens (tertiary/aromatic N) is 2. The van der Waals surface area contributed by atoms with E-state index in [1.165, 1.54) is 12.8 Å². The minimum Gasteiger partial charge on any atom is -0.356 e. The van der Waals surface area contributed by atoms with E-state index in [-0.39, 0.29) is 29.4 Å². The summed E-state index contributed by atoms with van der Waals surface area (Å²) >= 11 is 0. The Morgan fingerprint density at radius 3 is 2.14 bits per heavy atom. The molecule has 0 aromatic rings. The zero-order valence-electron chi connectivity index (χ0n) is 15.3. The van der Waals surface area contributed by atoms with Gasteiger partial charge in [-0.3, -0.25) is 4.99 Å². The first-order valence-electron chi connectivity index (χ1n) is 7.78. The molecule has 1 atom stereocenters. The molecule has 21 heavy (non-hydrogen) atoms. The van der Waals surface area contributed by atoms with E-state index in [4.69, 9.17) is 0 Å². The maximum atomic E-state index is 4.32. The highest BCUT2D eigenvalue weighted by atomic mass is 127. The van der Waals surface area contributed by atoms with Gasteiger partial charge in [-0.25, -0.2) is 0 Å². The van der Waals surface area contributed by atoms with E-state index >= 15 is 0 Å². The predicted molar refractivity (Wildman–Crippen MR) is 106 cm³/mol. The molecule has 0 bridgehead atoms. The van der Waals surface area contributed by atoms with Crippen molar-refractivity contribution in [3.63, 3.8) is 0 Å². The number of nitrogens with one attached hydrogen (secondary N) is 2. The van der Waals surface area contributed by atoms with Crippen molar-refractivity contribution in [3.8, 4) is 0 Å². The topological polar surface area (TPSA) is 39.7 Å². The molecule has 0 aromatic heterocycles. The quantitative estimate of drug-likeness (QED) is 0.366. The fraction of sp³-hybridized carbons (Fsp3) is 0.938. The summed E-state index contributed by atoms with van der Waals surface area (Å²) in [4.78, 5) is 6.54. The van der Waals surface area contributed by atoms with Gasteiger partial charge in [0.1, 0.15) is 0 Å². The van der Waals surface area contributed by atoms with Crippen LogP contribution in [0, 0.1) is 11.3 Å². The molecule has 0 aliphatic heterocycles. The van der Waals surface area contributed by atoms with Crippen molar-refractivity contribution in [1.82, 2.24) is 15.5 Å². The summed E-state index contributed by atoms with van der Waals surface area (Å²) in [6.45, 7) is 13.3. The minimum absolute atomic E-state index is 0. The van der Waals surface area contributed by atoms with Gasteiger partial charge in [-0.15, -0.1) is 24.0 Å². The molecule has 0 amide bonds. The summed E-state index contributed by atoms with van der Waals surface area (Å²) in [5.41, 5.74) is 0.224. The number of guanidine groups is 1. The molecule has 0 spiro atoms. The first-order valence-corrected chi connectivity index (χ1v) is 7.78. The highest BCUT2D eigenvalue weighted by Crippen LogP contribution is 2.14. The van der Waals surface area contributed by atoms with Crippen LogP contribution in [0.4, 0.5) is 0 Å². The number of rotatable bonds is 8. The molecule has 0 rings (SSSR count). The Labute approximate surface area is 149 Å². The Balaban J connectivity index is 0. The first kappa shape index (κ1) is 23.2. The van der Waals surface area contributed by atoms with Crippen LogP contribution in [0.3, 0.4) is 0 Å². The van der Waals surface area contributed by atoms with Gasteiger partial charge in [0.15, 0.2) is 5.96 Å². The van der Waals surface area contributed by atoms with Gasteiger partial charge in [0.25, 0.3) is 0 Å². The smallest absolute Gasteiger partial charge is 0.191 e. The summed E-state index contributed by atoms with van der Waals surface area (Å²) < 4.78 is 0. The van der Waals surface area contributed by atoms with Crippen LogP contribution in [0.25, 0.3) is 0 Å². The zero-order chi connectivity index (χ0) is 15.8. The molecule has 0 saturated carbocycles. The number of aliphatic imine (C=N–C) groups is 1. The van der Waals surface area contributed by atoms with E-state index < -0.39 is 0 Å². The zero-order valence-corrected chi connectivity index (χ0v) is 17.6. The Bertz CT molecular complexity index is 288. The Hall–Kier alpha value is -0.0400. The molecule has 5 heteroatoms. The Morgan fingerprint density at radius 2 is 1.71 bits per heavy atom. The molecular formula is C16H37IN4. The lowest BCUT2D eigenvalue weighted by Gasteiger charge is -2.29. The van der Waals surface area contributed by atoms with Crippen molar-refractivity contribution < 1.29 is 0 Å². The van der Waals surface area contributed by atoms with Gasteiger partial charge < -0.3 is 15.5 Å². The predicted octanol–water partition coefficient (Wildman–Crippen LogP) is 3.18.